The fourth-order valence-corrected chi connectivity index (χ4v) is 2.00. The van der Waals surface area contributed by atoms with Crippen molar-refractivity contribution in [3.8, 4) is 11.5 Å². The van der Waals surface area contributed by atoms with Crippen LogP contribution in [0.15, 0.2) is 36.4 Å². The first-order chi connectivity index (χ1) is 9.56. The van der Waals surface area contributed by atoms with Gasteiger partial charge in [-0.15, -0.1) is 0 Å². The molecule has 0 amide bonds. The average Bonchev–Trinajstić information content (AvgIpc) is 2.42. The monoisotopic (exact) mass is 311 g/mol. The summed E-state index contributed by atoms with van der Waals surface area (Å²) < 4.78 is 11.2. The number of ether oxygens (including phenoxy) is 2. The molecule has 0 aliphatic rings. The molecule has 2 aromatic rings. The molecule has 0 aliphatic carbocycles. The second-order valence-corrected chi connectivity index (χ2v) is 5.14. The van der Waals surface area contributed by atoms with E-state index in [1.807, 2.05) is 19.1 Å². The molecule has 0 saturated heterocycles. The highest BCUT2D eigenvalue weighted by atomic mass is 35.5. The van der Waals surface area contributed by atoms with Crippen LogP contribution in [0.5, 0.6) is 11.5 Å². The smallest absolute Gasteiger partial charge is 0.139 e. The number of nitrogen functional groups attached to an aromatic ring is 1. The number of benzene rings is 2. The van der Waals surface area contributed by atoms with Crippen LogP contribution in [-0.2, 0) is 0 Å². The first-order valence-electron chi connectivity index (χ1n) is 6.13. The number of halogens is 2. The minimum Gasteiger partial charge on any atom is -0.490 e. The van der Waals surface area contributed by atoms with E-state index in [-0.39, 0.29) is 0 Å². The van der Waals surface area contributed by atoms with Gasteiger partial charge in [0.25, 0.3) is 0 Å². The summed E-state index contributed by atoms with van der Waals surface area (Å²) in [6, 6.07) is 10.6. The van der Waals surface area contributed by atoms with Crippen molar-refractivity contribution in [3.05, 3.63) is 52.0 Å². The Hall–Kier alpha value is -1.58. The lowest BCUT2D eigenvalue weighted by molar-refractivity contribution is 0.216. The third-order valence-electron chi connectivity index (χ3n) is 2.70. The molecule has 3 nitrogen and oxygen atoms in total. The summed E-state index contributed by atoms with van der Waals surface area (Å²) in [7, 11) is 0. The van der Waals surface area contributed by atoms with Crippen LogP contribution in [0.2, 0.25) is 10.0 Å². The number of anilines is 1. The van der Waals surface area contributed by atoms with Gasteiger partial charge >= 0.3 is 0 Å². The Bertz CT molecular complexity index is 549. The highest BCUT2D eigenvalue weighted by Crippen LogP contribution is 2.27. The predicted octanol–water partition coefficient (Wildman–Crippen LogP) is 4.34. The van der Waals surface area contributed by atoms with E-state index < -0.39 is 0 Å². The minimum absolute atomic E-state index is 0.369. The quantitative estimate of drug-likeness (QED) is 0.660. The maximum absolute atomic E-state index is 6.00. The Balaban J connectivity index is 1.87. The molecule has 0 radical (unpaired) electrons. The van der Waals surface area contributed by atoms with Gasteiger partial charge in [-0.2, -0.15) is 0 Å². The van der Waals surface area contributed by atoms with Crippen molar-refractivity contribution < 1.29 is 9.47 Å². The predicted molar refractivity (Wildman–Crippen MR) is 83.0 cm³/mol. The number of rotatable bonds is 5. The summed E-state index contributed by atoms with van der Waals surface area (Å²) in [5.74, 6) is 1.30. The van der Waals surface area contributed by atoms with Crippen molar-refractivity contribution in [2.75, 3.05) is 18.9 Å². The highest BCUT2D eigenvalue weighted by molar-refractivity contribution is 6.34. The molecule has 2 N–H and O–H groups in total. The molecule has 5 heteroatoms. The van der Waals surface area contributed by atoms with Crippen LogP contribution in [0.3, 0.4) is 0 Å². The Morgan fingerprint density at radius 1 is 0.950 bits per heavy atom. The molecule has 20 heavy (non-hydrogen) atoms. The van der Waals surface area contributed by atoms with Gasteiger partial charge in [0.1, 0.15) is 24.7 Å². The lowest BCUT2D eigenvalue weighted by atomic mass is 10.2. The van der Waals surface area contributed by atoms with Gasteiger partial charge in [0, 0.05) is 22.8 Å². The standard InChI is InChI=1S/C15H15Cl2NO2/c1-10-2-4-12(18)9-14(10)19-6-7-20-15-8-11(16)3-5-13(15)17/h2-5,8-9H,6-7,18H2,1H3. The van der Waals surface area contributed by atoms with Crippen molar-refractivity contribution in [3.63, 3.8) is 0 Å². The largest absolute Gasteiger partial charge is 0.490 e. The van der Waals surface area contributed by atoms with E-state index in [0.29, 0.717) is 34.7 Å². The second-order valence-electron chi connectivity index (χ2n) is 4.30. The molecular weight excluding hydrogens is 297 g/mol. The third kappa shape index (κ3) is 3.95. The van der Waals surface area contributed by atoms with E-state index in [0.717, 1.165) is 11.3 Å². The molecule has 0 bridgehead atoms. The Morgan fingerprint density at radius 2 is 1.65 bits per heavy atom. The summed E-state index contributed by atoms with van der Waals surface area (Å²) in [4.78, 5) is 0. The highest BCUT2D eigenvalue weighted by Gasteiger charge is 2.04. The van der Waals surface area contributed by atoms with Gasteiger partial charge in [-0.05, 0) is 30.7 Å². The lowest BCUT2D eigenvalue weighted by Gasteiger charge is -2.11. The molecule has 106 valence electrons. The molecule has 0 heterocycles. The van der Waals surface area contributed by atoms with Gasteiger partial charge in [0.05, 0.1) is 5.02 Å². The Labute approximate surface area is 128 Å². The lowest BCUT2D eigenvalue weighted by Crippen LogP contribution is -2.10. The van der Waals surface area contributed by atoms with E-state index >= 15 is 0 Å². The molecular formula is C15H15Cl2NO2. The van der Waals surface area contributed by atoms with Crippen LogP contribution in [0, 0.1) is 6.92 Å². The van der Waals surface area contributed by atoms with Crippen molar-refractivity contribution in [1.82, 2.24) is 0 Å². The molecule has 0 aliphatic heterocycles. The maximum atomic E-state index is 6.00. The van der Waals surface area contributed by atoms with E-state index in [9.17, 15) is 0 Å². The van der Waals surface area contributed by atoms with E-state index in [2.05, 4.69) is 0 Å². The van der Waals surface area contributed by atoms with Gasteiger partial charge in [0.15, 0.2) is 0 Å². The molecule has 2 aromatic carbocycles. The fraction of sp³-hybridized carbons (Fsp3) is 0.200. The van der Waals surface area contributed by atoms with Gasteiger partial charge in [0.2, 0.25) is 0 Å². The van der Waals surface area contributed by atoms with Crippen molar-refractivity contribution >= 4 is 28.9 Å². The zero-order valence-corrected chi connectivity index (χ0v) is 12.5. The van der Waals surface area contributed by atoms with Crippen molar-refractivity contribution in [2.45, 2.75) is 6.92 Å². The molecule has 0 atom stereocenters. The van der Waals surface area contributed by atoms with E-state index in [1.54, 1.807) is 24.3 Å². The molecule has 0 fully saturated rings. The maximum Gasteiger partial charge on any atom is 0.139 e. The zero-order valence-electron chi connectivity index (χ0n) is 11.0. The summed E-state index contributed by atoms with van der Waals surface area (Å²) in [5, 5.41) is 1.10. The van der Waals surface area contributed by atoms with Crippen LogP contribution < -0.4 is 15.2 Å². The summed E-state index contributed by atoms with van der Waals surface area (Å²) in [6.45, 7) is 2.73. The first kappa shape index (κ1) is 14.8. The van der Waals surface area contributed by atoms with Gasteiger partial charge < -0.3 is 15.2 Å². The van der Waals surface area contributed by atoms with Crippen LogP contribution in [-0.4, -0.2) is 13.2 Å². The normalized spacial score (nSPS) is 10.3. The summed E-state index contributed by atoms with van der Waals surface area (Å²) in [5.41, 5.74) is 7.41. The first-order valence-corrected chi connectivity index (χ1v) is 6.88. The SMILES string of the molecule is Cc1ccc(N)cc1OCCOc1cc(Cl)ccc1Cl. The van der Waals surface area contributed by atoms with Crippen molar-refractivity contribution in [1.29, 1.82) is 0 Å². The molecule has 0 aromatic heterocycles. The Kier molecular flexibility index (Phi) is 4.99. The van der Waals surface area contributed by atoms with Gasteiger partial charge in [-0.3, -0.25) is 0 Å². The summed E-state index contributed by atoms with van der Waals surface area (Å²) in [6.07, 6.45) is 0. The molecule has 0 unspecified atom stereocenters. The molecule has 0 saturated carbocycles. The van der Waals surface area contributed by atoms with Crippen molar-refractivity contribution in [2.24, 2.45) is 0 Å². The van der Waals surface area contributed by atoms with Crippen LogP contribution in [0.1, 0.15) is 5.56 Å². The zero-order chi connectivity index (χ0) is 14.5. The Morgan fingerprint density at radius 3 is 2.40 bits per heavy atom. The third-order valence-corrected chi connectivity index (χ3v) is 3.25. The number of hydrogen-bond donors (Lipinski definition) is 1. The van der Waals surface area contributed by atoms with Crippen LogP contribution >= 0.6 is 23.2 Å². The minimum atomic E-state index is 0.369. The van der Waals surface area contributed by atoms with Gasteiger partial charge in [-0.1, -0.05) is 29.3 Å². The van der Waals surface area contributed by atoms with Crippen LogP contribution in [0.4, 0.5) is 5.69 Å². The van der Waals surface area contributed by atoms with Gasteiger partial charge in [-0.25, -0.2) is 0 Å². The number of nitrogens with two attached hydrogens (primary N) is 1. The number of hydrogen-bond acceptors (Lipinski definition) is 3. The number of aryl methyl sites for hydroxylation is 1. The van der Waals surface area contributed by atoms with Crippen LogP contribution in [0.25, 0.3) is 0 Å². The second kappa shape index (κ2) is 6.73. The topological polar surface area (TPSA) is 44.5 Å². The average molecular weight is 312 g/mol. The fourth-order valence-electron chi connectivity index (χ4n) is 1.66. The molecule has 2 rings (SSSR count). The van der Waals surface area contributed by atoms with E-state index in [1.165, 1.54) is 0 Å². The summed E-state index contributed by atoms with van der Waals surface area (Å²) >= 11 is 11.9. The van der Waals surface area contributed by atoms with E-state index in [4.69, 9.17) is 38.4 Å². The molecule has 0 spiro atoms.